The van der Waals surface area contributed by atoms with E-state index in [4.69, 9.17) is 11.6 Å². The van der Waals surface area contributed by atoms with Crippen LogP contribution in [-0.2, 0) is 6.54 Å². The van der Waals surface area contributed by atoms with Crippen LogP contribution in [0.5, 0.6) is 0 Å². The first kappa shape index (κ1) is 13.5. The molecule has 2 amide bonds. The fraction of sp³-hybridized carbons (Fsp3) is 0.0667. The standard InChI is InChI=1S/C15H13ClN4O/c16-11-3-1-10(2-4-11)8-17-15(21)20-12-5-6-13-14(7-12)19-9-18-13/h1-7,9H,8H2,(H,18,19)(H2,17,20,21). The van der Waals surface area contributed by atoms with Crippen LogP contribution in [0.1, 0.15) is 5.56 Å². The highest BCUT2D eigenvalue weighted by molar-refractivity contribution is 6.30. The van der Waals surface area contributed by atoms with E-state index in [-0.39, 0.29) is 6.03 Å². The number of nitrogens with zero attached hydrogens (tertiary/aromatic N) is 1. The molecular weight excluding hydrogens is 288 g/mol. The van der Waals surface area contributed by atoms with Crippen molar-refractivity contribution in [2.45, 2.75) is 6.54 Å². The third-order valence-corrected chi connectivity index (χ3v) is 3.30. The van der Waals surface area contributed by atoms with Gasteiger partial charge in [0.05, 0.1) is 17.4 Å². The minimum atomic E-state index is -0.260. The molecule has 0 atom stereocenters. The number of urea groups is 1. The molecule has 21 heavy (non-hydrogen) atoms. The number of aromatic nitrogens is 2. The SMILES string of the molecule is O=C(NCc1ccc(Cl)cc1)Nc1ccc2nc[nH]c2c1. The van der Waals surface area contributed by atoms with Crippen molar-refractivity contribution in [1.29, 1.82) is 0 Å². The fourth-order valence-corrected chi connectivity index (χ4v) is 2.10. The number of imidazole rings is 1. The topological polar surface area (TPSA) is 69.8 Å². The van der Waals surface area contributed by atoms with Gasteiger partial charge < -0.3 is 15.6 Å². The largest absolute Gasteiger partial charge is 0.345 e. The number of halogens is 1. The number of nitrogens with one attached hydrogen (secondary N) is 3. The van der Waals surface area contributed by atoms with Gasteiger partial charge >= 0.3 is 6.03 Å². The molecule has 6 heteroatoms. The summed E-state index contributed by atoms with van der Waals surface area (Å²) in [7, 11) is 0. The molecule has 3 aromatic rings. The lowest BCUT2D eigenvalue weighted by Crippen LogP contribution is -2.28. The van der Waals surface area contributed by atoms with Crippen molar-refractivity contribution in [3.63, 3.8) is 0 Å². The summed E-state index contributed by atoms with van der Waals surface area (Å²) in [4.78, 5) is 19.0. The molecule has 0 fully saturated rings. The second kappa shape index (κ2) is 5.85. The van der Waals surface area contributed by atoms with Gasteiger partial charge in [0.25, 0.3) is 0 Å². The zero-order valence-corrected chi connectivity index (χ0v) is 11.8. The summed E-state index contributed by atoms with van der Waals surface area (Å²) < 4.78 is 0. The quantitative estimate of drug-likeness (QED) is 0.692. The van der Waals surface area contributed by atoms with E-state index in [1.54, 1.807) is 18.5 Å². The number of rotatable bonds is 3. The van der Waals surface area contributed by atoms with Gasteiger partial charge in [0, 0.05) is 17.3 Å². The highest BCUT2D eigenvalue weighted by atomic mass is 35.5. The van der Waals surface area contributed by atoms with Gasteiger partial charge in [0.15, 0.2) is 0 Å². The Kier molecular flexibility index (Phi) is 3.75. The Labute approximate surface area is 126 Å². The summed E-state index contributed by atoms with van der Waals surface area (Å²) in [5.41, 5.74) is 3.44. The first-order chi connectivity index (χ1) is 10.2. The lowest BCUT2D eigenvalue weighted by molar-refractivity contribution is 0.251. The Morgan fingerprint density at radius 3 is 2.81 bits per heavy atom. The van der Waals surface area contributed by atoms with E-state index >= 15 is 0 Å². The number of H-pyrrole nitrogens is 1. The van der Waals surface area contributed by atoms with E-state index in [1.165, 1.54) is 0 Å². The minimum Gasteiger partial charge on any atom is -0.345 e. The summed E-state index contributed by atoms with van der Waals surface area (Å²) in [5, 5.41) is 6.25. The molecule has 0 aliphatic carbocycles. The van der Waals surface area contributed by atoms with Crippen LogP contribution in [0.2, 0.25) is 5.02 Å². The maximum Gasteiger partial charge on any atom is 0.319 e. The second-order valence-corrected chi connectivity index (χ2v) is 5.01. The number of benzene rings is 2. The molecule has 0 radical (unpaired) electrons. The predicted molar refractivity (Wildman–Crippen MR) is 83.4 cm³/mol. The van der Waals surface area contributed by atoms with Crippen LogP contribution in [0.3, 0.4) is 0 Å². The highest BCUT2D eigenvalue weighted by Crippen LogP contribution is 2.15. The maximum absolute atomic E-state index is 11.9. The summed E-state index contributed by atoms with van der Waals surface area (Å²) >= 11 is 5.81. The third kappa shape index (κ3) is 3.32. The molecule has 2 aromatic carbocycles. The zero-order chi connectivity index (χ0) is 14.7. The number of anilines is 1. The van der Waals surface area contributed by atoms with Gasteiger partial charge in [-0.3, -0.25) is 0 Å². The first-order valence-electron chi connectivity index (χ1n) is 6.43. The molecule has 3 N–H and O–H groups in total. The third-order valence-electron chi connectivity index (χ3n) is 3.04. The Morgan fingerprint density at radius 1 is 1.19 bits per heavy atom. The summed E-state index contributed by atoms with van der Waals surface area (Å²) in [5.74, 6) is 0. The van der Waals surface area contributed by atoms with E-state index in [0.717, 1.165) is 16.6 Å². The number of amides is 2. The number of carbonyl (C=O) groups is 1. The predicted octanol–water partition coefficient (Wildman–Crippen LogP) is 3.54. The second-order valence-electron chi connectivity index (χ2n) is 4.57. The van der Waals surface area contributed by atoms with E-state index < -0.39 is 0 Å². The average Bonchev–Trinajstić information content (AvgIpc) is 2.94. The fourth-order valence-electron chi connectivity index (χ4n) is 1.97. The van der Waals surface area contributed by atoms with Gasteiger partial charge in [-0.05, 0) is 35.9 Å². The van der Waals surface area contributed by atoms with Crippen LogP contribution in [-0.4, -0.2) is 16.0 Å². The molecule has 0 aliphatic heterocycles. The van der Waals surface area contributed by atoms with Crippen molar-refractivity contribution in [3.05, 3.63) is 59.4 Å². The molecule has 1 heterocycles. The average molecular weight is 301 g/mol. The lowest BCUT2D eigenvalue weighted by atomic mass is 10.2. The van der Waals surface area contributed by atoms with Crippen molar-refractivity contribution in [3.8, 4) is 0 Å². The maximum atomic E-state index is 11.9. The van der Waals surface area contributed by atoms with Crippen LogP contribution >= 0.6 is 11.6 Å². The summed E-state index contributed by atoms with van der Waals surface area (Å²) in [6.07, 6.45) is 1.62. The van der Waals surface area contributed by atoms with Crippen molar-refractivity contribution in [1.82, 2.24) is 15.3 Å². The number of aromatic amines is 1. The molecule has 5 nitrogen and oxygen atoms in total. The molecule has 0 saturated carbocycles. The van der Waals surface area contributed by atoms with Gasteiger partial charge in [-0.15, -0.1) is 0 Å². The first-order valence-corrected chi connectivity index (χ1v) is 6.81. The Morgan fingerprint density at radius 2 is 2.00 bits per heavy atom. The van der Waals surface area contributed by atoms with E-state index in [2.05, 4.69) is 20.6 Å². The van der Waals surface area contributed by atoms with Crippen molar-refractivity contribution in [2.75, 3.05) is 5.32 Å². The van der Waals surface area contributed by atoms with Gasteiger partial charge in [0.2, 0.25) is 0 Å². The smallest absolute Gasteiger partial charge is 0.319 e. The highest BCUT2D eigenvalue weighted by Gasteiger charge is 2.03. The van der Waals surface area contributed by atoms with Crippen molar-refractivity contribution >= 4 is 34.4 Å². The minimum absolute atomic E-state index is 0.260. The lowest BCUT2D eigenvalue weighted by Gasteiger charge is -2.08. The monoisotopic (exact) mass is 300 g/mol. The van der Waals surface area contributed by atoms with Crippen LogP contribution in [0.4, 0.5) is 10.5 Å². The molecule has 0 unspecified atom stereocenters. The van der Waals surface area contributed by atoms with Gasteiger partial charge in [0.1, 0.15) is 0 Å². The van der Waals surface area contributed by atoms with E-state index in [0.29, 0.717) is 17.3 Å². The molecule has 106 valence electrons. The molecular formula is C15H13ClN4O. The molecule has 0 saturated heterocycles. The Hall–Kier alpha value is -2.53. The number of hydrogen-bond donors (Lipinski definition) is 3. The van der Waals surface area contributed by atoms with Crippen molar-refractivity contribution < 1.29 is 4.79 Å². The number of carbonyl (C=O) groups excluding carboxylic acids is 1. The van der Waals surface area contributed by atoms with Gasteiger partial charge in [-0.25, -0.2) is 9.78 Å². The van der Waals surface area contributed by atoms with Crippen LogP contribution in [0.15, 0.2) is 48.8 Å². The normalized spacial score (nSPS) is 10.5. The molecule has 3 rings (SSSR count). The van der Waals surface area contributed by atoms with Gasteiger partial charge in [-0.2, -0.15) is 0 Å². The molecule has 1 aromatic heterocycles. The Balaban J connectivity index is 1.59. The van der Waals surface area contributed by atoms with E-state index in [9.17, 15) is 4.79 Å². The molecule has 0 bridgehead atoms. The zero-order valence-electron chi connectivity index (χ0n) is 11.1. The number of hydrogen-bond acceptors (Lipinski definition) is 2. The van der Waals surface area contributed by atoms with Crippen molar-refractivity contribution in [2.24, 2.45) is 0 Å². The summed E-state index contributed by atoms with van der Waals surface area (Å²) in [6.45, 7) is 0.440. The summed E-state index contributed by atoms with van der Waals surface area (Å²) in [6, 6.07) is 12.6. The van der Waals surface area contributed by atoms with Crippen LogP contribution in [0, 0.1) is 0 Å². The van der Waals surface area contributed by atoms with Crippen LogP contribution < -0.4 is 10.6 Å². The number of fused-ring (bicyclic) bond motifs is 1. The van der Waals surface area contributed by atoms with Gasteiger partial charge in [-0.1, -0.05) is 23.7 Å². The van der Waals surface area contributed by atoms with E-state index in [1.807, 2.05) is 30.3 Å². The Bertz CT molecular complexity index is 767. The molecule has 0 aliphatic rings. The molecule has 0 spiro atoms. The van der Waals surface area contributed by atoms with Crippen LogP contribution in [0.25, 0.3) is 11.0 Å².